The molecule has 0 aliphatic carbocycles. The second-order valence-corrected chi connectivity index (χ2v) is 14.6. The Labute approximate surface area is 283 Å². The number of hydrogen-bond donors (Lipinski definition) is 1. The summed E-state index contributed by atoms with van der Waals surface area (Å²) in [5, 5.41) is 23.7. The minimum Gasteiger partial charge on any atom is -0.487 e. The molecular formula is C39H46N6O3. The van der Waals surface area contributed by atoms with Crippen molar-refractivity contribution in [3.63, 3.8) is 0 Å². The lowest BCUT2D eigenvalue weighted by Gasteiger charge is -2.44. The number of rotatable bonds is 9. The molecule has 48 heavy (non-hydrogen) atoms. The molecular weight excluding hydrogens is 600 g/mol. The van der Waals surface area contributed by atoms with Gasteiger partial charge in [0.2, 0.25) is 0 Å². The van der Waals surface area contributed by atoms with Crippen molar-refractivity contribution in [1.29, 1.82) is 0 Å². The Morgan fingerprint density at radius 3 is 2.27 bits per heavy atom. The fourth-order valence-corrected chi connectivity index (χ4v) is 7.01. The summed E-state index contributed by atoms with van der Waals surface area (Å²) in [6, 6.07) is 26.9. The number of fused-ring (bicyclic) bond motifs is 1. The van der Waals surface area contributed by atoms with Crippen molar-refractivity contribution in [2.45, 2.75) is 78.9 Å². The van der Waals surface area contributed by atoms with Crippen LogP contribution in [-0.4, -0.2) is 53.5 Å². The number of aromatic nitrogens is 5. The average molecular weight is 647 g/mol. The van der Waals surface area contributed by atoms with E-state index in [4.69, 9.17) is 9.84 Å². The molecule has 3 atom stereocenters. The average Bonchev–Trinajstić information content (AvgIpc) is 3.48. The first-order valence-corrected chi connectivity index (χ1v) is 16.9. The summed E-state index contributed by atoms with van der Waals surface area (Å²) < 4.78 is 7.85. The smallest absolute Gasteiger partial charge is 0.407 e. The number of benzene rings is 2. The number of carboxylic acid groups (broad SMARTS) is 1. The third-order valence-electron chi connectivity index (χ3n) is 10.3. The number of nitrogens with zero attached hydrogens (tertiary/aromatic N) is 6. The molecule has 3 aromatic heterocycles. The molecule has 6 rings (SSSR count). The van der Waals surface area contributed by atoms with E-state index in [1.165, 1.54) is 11.1 Å². The van der Waals surface area contributed by atoms with Crippen molar-refractivity contribution >= 4 is 11.7 Å². The zero-order valence-corrected chi connectivity index (χ0v) is 28.8. The van der Waals surface area contributed by atoms with Crippen LogP contribution in [0.25, 0.3) is 16.9 Å². The highest BCUT2D eigenvalue weighted by Gasteiger charge is 2.39. The molecule has 9 nitrogen and oxygen atoms in total. The molecule has 1 N–H and O–H groups in total. The lowest BCUT2D eigenvalue weighted by molar-refractivity contribution is 0.0402. The van der Waals surface area contributed by atoms with Gasteiger partial charge in [-0.3, -0.25) is 4.98 Å². The van der Waals surface area contributed by atoms with Crippen molar-refractivity contribution in [3.05, 3.63) is 108 Å². The molecule has 9 heteroatoms. The van der Waals surface area contributed by atoms with Crippen LogP contribution in [0.15, 0.2) is 85.1 Å². The van der Waals surface area contributed by atoms with Gasteiger partial charge in [-0.25, -0.2) is 4.79 Å². The zero-order valence-electron chi connectivity index (χ0n) is 28.8. The van der Waals surface area contributed by atoms with Crippen LogP contribution in [0.4, 0.5) is 4.79 Å². The minimum absolute atomic E-state index is 0.0463. The number of carbonyl (C=O) groups is 1. The summed E-state index contributed by atoms with van der Waals surface area (Å²) >= 11 is 0. The summed E-state index contributed by atoms with van der Waals surface area (Å²) in [6.07, 6.45) is 3.23. The first kappa shape index (κ1) is 33.1. The number of ether oxygens (including phenoxy) is 1. The van der Waals surface area contributed by atoms with E-state index in [0.29, 0.717) is 37.1 Å². The van der Waals surface area contributed by atoms with Crippen LogP contribution in [-0.2, 0) is 18.4 Å². The Morgan fingerprint density at radius 2 is 1.65 bits per heavy atom. The molecule has 0 spiro atoms. The third kappa shape index (κ3) is 6.77. The second kappa shape index (κ2) is 13.4. The van der Waals surface area contributed by atoms with E-state index in [1.54, 1.807) is 11.1 Å². The van der Waals surface area contributed by atoms with Crippen molar-refractivity contribution in [2.24, 2.45) is 17.3 Å². The fraction of sp³-hybridized carbons (Fsp3) is 0.410. The van der Waals surface area contributed by atoms with Gasteiger partial charge in [-0.15, -0.1) is 10.2 Å². The van der Waals surface area contributed by atoms with Crippen molar-refractivity contribution in [2.75, 3.05) is 6.54 Å². The monoisotopic (exact) mass is 646 g/mol. The molecule has 5 aromatic rings. The van der Waals surface area contributed by atoms with Gasteiger partial charge in [0.25, 0.3) is 0 Å². The van der Waals surface area contributed by atoms with Crippen LogP contribution in [0.1, 0.15) is 77.0 Å². The molecule has 0 saturated carbocycles. The first-order valence-electron chi connectivity index (χ1n) is 16.9. The molecule has 2 aromatic carbocycles. The molecule has 1 aliphatic rings. The van der Waals surface area contributed by atoms with Crippen LogP contribution in [0.3, 0.4) is 0 Å². The van der Waals surface area contributed by atoms with E-state index >= 15 is 0 Å². The normalized spacial score (nSPS) is 18.2. The molecule has 3 unspecified atom stereocenters. The van der Waals surface area contributed by atoms with Gasteiger partial charge < -0.3 is 14.7 Å². The van der Waals surface area contributed by atoms with Gasteiger partial charge in [0, 0.05) is 36.2 Å². The molecule has 1 aliphatic heterocycles. The van der Waals surface area contributed by atoms with Gasteiger partial charge in [-0.05, 0) is 77.6 Å². The SMILES string of the molecule is CC(C)C(C)(c1ccc(OCc2ccccn2)cc1)c1ccc(-c2ccc3nnc(CC4CCN(C(=O)O)C(C(C)(C)C)C4)n3n2)cc1. The van der Waals surface area contributed by atoms with E-state index in [9.17, 15) is 9.90 Å². The van der Waals surface area contributed by atoms with Gasteiger partial charge in [-0.2, -0.15) is 9.61 Å². The molecule has 1 fully saturated rings. The molecule has 1 amide bonds. The van der Waals surface area contributed by atoms with Crippen LogP contribution < -0.4 is 4.74 Å². The van der Waals surface area contributed by atoms with Gasteiger partial charge in [-0.1, -0.05) is 84.0 Å². The van der Waals surface area contributed by atoms with E-state index < -0.39 is 6.09 Å². The van der Waals surface area contributed by atoms with E-state index in [0.717, 1.165) is 41.4 Å². The van der Waals surface area contributed by atoms with Gasteiger partial charge in [0.15, 0.2) is 11.5 Å². The minimum atomic E-state index is -0.840. The highest BCUT2D eigenvalue weighted by Crippen LogP contribution is 2.40. The first-order chi connectivity index (χ1) is 22.9. The maximum Gasteiger partial charge on any atom is 0.407 e. The predicted octanol–water partition coefficient (Wildman–Crippen LogP) is 8.07. The number of likely N-dealkylation sites (tertiary alicyclic amines) is 1. The Balaban J connectivity index is 1.19. The topological polar surface area (TPSA) is 106 Å². The summed E-state index contributed by atoms with van der Waals surface area (Å²) in [5.41, 5.74) is 5.58. The van der Waals surface area contributed by atoms with Gasteiger partial charge >= 0.3 is 6.09 Å². The Kier molecular flexibility index (Phi) is 9.23. The molecule has 250 valence electrons. The van der Waals surface area contributed by atoms with Crippen molar-refractivity contribution < 1.29 is 14.6 Å². The molecule has 4 heterocycles. The Morgan fingerprint density at radius 1 is 0.938 bits per heavy atom. The predicted molar refractivity (Wildman–Crippen MR) is 187 cm³/mol. The van der Waals surface area contributed by atoms with Gasteiger partial charge in [0.1, 0.15) is 12.4 Å². The van der Waals surface area contributed by atoms with Crippen LogP contribution in [0.5, 0.6) is 5.75 Å². The van der Waals surface area contributed by atoms with Crippen molar-refractivity contribution in [3.8, 4) is 17.0 Å². The van der Waals surface area contributed by atoms with Crippen LogP contribution in [0, 0.1) is 17.3 Å². The fourth-order valence-electron chi connectivity index (χ4n) is 7.01. The van der Waals surface area contributed by atoms with E-state index in [-0.39, 0.29) is 16.9 Å². The second-order valence-electron chi connectivity index (χ2n) is 14.6. The van der Waals surface area contributed by atoms with Crippen molar-refractivity contribution in [1.82, 2.24) is 29.7 Å². The lowest BCUT2D eigenvalue weighted by Crippen LogP contribution is -2.51. The van der Waals surface area contributed by atoms with Gasteiger partial charge in [0.05, 0.1) is 11.4 Å². The summed E-state index contributed by atoms with van der Waals surface area (Å²) in [7, 11) is 0. The number of hydrogen-bond acceptors (Lipinski definition) is 6. The summed E-state index contributed by atoms with van der Waals surface area (Å²) in [4.78, 5) is 17.9. The largest absolute Gasteiger partial charge is 0.487 e. The highest BCUT2D eigenvalue weighted by molar-refractivity contribution is 5.65. The summed E-state index contributed by atoms with van der Waals surface area (Å²) in [5.74, 6) is 2.28. The third-order valence-corrected chi connectivity index (χ3v) is 10.3. The lowest BCUT2D eigenvalue weighted by atomic mass is 9.68. The molecule has 1 saturated heterocycles. The Bertz CT molecular complexity index is 1850. The number of amides is 1. The number of pyridine rings is 1. The van der Waals surface area contributed by atoms with E-state index in [2.05, 4.69) is 93.1 Å². The maximum atomic E-state index is 11.9. The molecule has 0 bridgehead atoms. The zero-order chi connectivity index (χ0) is 34.1. The quantitative estimate of drug-likeness (QED) is 0.173. The molecule has 0 radical (unpaired) electrons. The standard InChI is InChI=1S/C39H46N6O3/c1-26(2)39(6,30-14-16-32(17-15-30)48-25-31-9-7-8-21-40-31)29-12-10-28(11-13-29)33-18-19-35-41-42-36(45(35)43-33)24-27-20-22-44(37(46)47)34(23-27)38(3,4)5/h7-19,21,26-27,34H,20,22-25H2,1-6H3,(H,46,47). The Hall–Kier alpha value is -4.79. The maximum absolute atomic E-state index is 11.9. The summed E-state index contributed by atoms with van der Waals surface area (Å²) in [6.45, 7) is 14.1. The van der Waals surface area contributed by atoms with Crippen LogP contribution in [0.2, 0.25) is 0 Å². The van der Waals surface area contributed by atoms with E-state index in [1.807, 2.05) is 47.0 Å². The number of piperidine rings is 1. The highest BCUT2D eigenvalue weighted by atomic mass is 16.5. The van der Waals surface area contributed by atoms with Crippen LogP contribution >= 0.6 is 0 Å².